The van der Waals surface area contributed by atoms with Gasteiger partial charge in [0.25, 0.3) is 0 Å². The summed E-state index contributed by atoms with van der Waals surface area (Å²) in [6, 6.07) is 15.5. The summed E-state index contributed by atoms with van der Waals surface area (Å²) in [7, 11) is 0. The first kappa shape index (κ1) is 28.4. The molecule has 43 heavy (non-hydrogen) atoms. The Kier molecular flexibility index (Phi) is 7.84. The summed E-state index contributed by atoms with van der Waals surface area (Å²) >= 11 is 0. The lowest BCUT2D eigenvalue weighted by Gasteiger charge is -2.35. The van der Waals surface area contributed by atoms with E-state index in [1.54, 1.807) is 18.5 Å². The first-order chi connectivity index (χ1) is 20.8. The minimum Gasteiger partial charge on any atom is -0.465 e. The molecule has 0 radical (unpaired) electrons. The van der Waals surface area contributed by atoms with Crippen molar-refractivity contribution in [1.82, 2.24) is 19.9 Å². The summed E-state index contributed by atoms with van der Waals surface area (Å²) in [6.07, 6.45) is 4.97. The predicted molar refractivity (Wildman–Crippen MR) is 166 cm³/mol. The lowest BCUT2D eigenvalue weighted by Crippen LogP contribution is -2.47. The van der Waals surface area contributed by atoms with Gasteiger partial charge in [-0.25, -0.2) is 19.7 Å². The standard InChI is InChI=1S/C33H36N6O4/c1-4-22-13-16-39(31(22)40)28-9-5-7-25-24(28)11-10-21(3)29(25)43-30-26(8-6-14-34-30)27-12-15-35-32(37-27)36-23-17-20(2)18-38(19-23)33(41)42/h5-12,14-15,20,22-23H,4,13,16-19H2,1-3H3,(H,41,42)(H,35,36,37)/t20-,22+,23+/m1/s1. The van der Waals surface area contributed by atoms with Gasteiger partial charge < -0.3 is 25.0 Å². The fourth-order valence-corrected chi connectivity index (χ4v) is 6.29. The largest absolute Gasteiger partial charge is 0.465 e. The van der Waals surface area contributed by atoms with Gasteiger partial charge in [0.1, 0.15) is 5.75 Å². The first-order valence-corrected chi connectivity index (χ1v) is 14.9. The molecule has 10 nitrogen and oxygen atoms in total. The molecule has 2 aromatic heterocycles. The van der Waals surface area contributed by atoms with E-state index in [2.05, 4.69) is 28.3 Å². The number of carbonyl (C=O) groups excluding carboxylic acids is 1. The second kappa shape index (κ2) is 11.9. The number of carboxylic acid groups (broad SMARTS) is 1. The number of hydrogen-bond acceptors (Lipinski definition) is 7. The van der Waals surface area contributed by atoms with Crippen LogP contribution in [0.25, 0.3) is 22.0 Å². The molecule has 222 valence electrons. The van der Waals surface area contributed by atoms with Crippen molar-refractivity contribution in [3.8, 4) is 22.9 Å². The van der Waals surface area contributed by atoms with Crippen molar-refractivity contribution in [3.05, 3.63) is 66.5 Å². The zero-order valence-corrected chi connectivity index (χ0v) is 24.7. The molecule has 6 rings (SSSR count). The van der Waals surface area contributed by atoms with Gasteiger partial charge in [0.15, 0.2) is 0 Å². The number of fused-ring (bicyclic) bond motifs is 1. The van der Waals surface area contributed by atoms with Gasteiger partial charge in [-0.3, -0.25) is 4.79 Å². The lowest BCUT2D eigenvalue weighted by atomic mass is 9.96. The molecule has 0 bridgehead atoms. The average Bonchev–Trinajstić information content (AvgIpc) is 3.38. The molecular weight excluding hydrogens is 544 g/mol. The molecule has 2 fully saturated rings. The van der Waals surface area contributed by atoms with Gasteiger partial charge in [-0.15, -0.1) is 0 Å². The molecule has 0 unspecified atom stereocenters. The number of likely N-dealkylation sites (tertiary alicyclic amines) is 1. The fourth-order valence-electron chi connectivity index (χ4n) is 6.29. The lowest BCUT2D eigenvalue weighted by molar-refractivity contribution is -0.120. The van der Waals surface area contributed by atoms with Crippen molar-refractivity contribution in [3.63, 3.8) is 0 Å². The fraction of sp³-hybridized carbons (Fsp3) is 0.364. The van der Waals surface area contributed by atoms with E-state index in [0.717, 1.165) is 41.3 Å². The third kappa shape index (κ3) is 5.69. The summed E-state index contributed by atoms with van der Waals surface area (Å²) < 4.78 is 6.57. The van der Waals surface area contributed by atoms with E-state index in [1.807, 2.05) is 55.1 Å². The van der Waals surface area contributed by atoms with E-state index in [-0.39, 0.29) is 23.8 Å². The van der Waals surface area contributed by atoms with Crippen LogP contribution in [0.15, 0.2) is 60.9 Å². The highest BCUT2D eigenvalue weighted by molar-refractivity contribution is 6.07. The maximum atomic E-state index is 13.1. The minimum absolute atomic E-state index is 0.0670. The Bertz CT molecular complexity index is 1680. The maximum Gasteiger partial charge on any atom is 0.407 e. The van der Waals surface area contributed by atoms with Gasteiger partial charge in [0, 0.05) is 54.8 Å². The highest BCUT2D eigenvalue weighted by atomic mass is 16.5. The van der Waals surface area contributed by atoms with Crippen LogP contribution < -0.4 is 15.0 Å². The van der Waals surface area contributed by atoms with Crippen LogP contribution in [0.4, 0.5) is 16.4 Å². The number of nitrogens with zero attached hydrogens (tertiary/aromatic N) is 5. The average molecular weight is 581 g/mol. The number of ether oxygens (including phenoxy) is 1. The number of hydrogen-bond donors (Lipinski definition) is 2. The second-order valence-electron chi connectivity index (χ2n) is 11.6. The number of benzene rings is 2. The number of rotatable bonds is 7. The quantitative estimate of drug-likeness (QED) is 0.259. The smallest absolute Gasteiger partial charge is 0.407 e. The van der Waals surface area contributed by atoms with Crippen LogP contribution in [0.3, 0.4) is 0 Å². The van der Waals surface area contributed by atoms with Gasteiger partial charge in [-0.2, -0.15) is 0 Å². The molecule has 2 N–H and O–H groups in total. The van der Waals surface area contributed by atoms with Crippen LogP contribution in [-0.2, 0) is 4.79 Å². The van der Waals surface area contributed by atoms with E-state index >= 15 is 0 Å². The Balaban J connectivity index is 1.31. The van der Waals surface area contributed by atoms with Gasteiger partial charge in [-0.1, -0.05) is 38.1 Å². The summed E-state index contributed by atoms with van der Waals surface area (Å²) in [6.45, 7) is 7.71. The molecule has 0 saturated carbocycles. The Labute approximate surface area is 250 Å². The Morgan fingerprint density at radius 3 is 2.72 bits per heavy atom. The van der Waals surface area contributed by atoms with Crippen molar-refractivity contribution >= 4 is 34.4 Å². The predicted octanol–water partition coefficient (Wildman–Crippen LogP) is 6.36. The molecule has 2 aromatic carbocycles. The highest BCUT2D eigenvalue weighted by Gasteiger charge is 2.32. The van der Waals surface area contributed by atoms with E-state index in [9.17, 15) is 14.7 Å². The number of pyridine rings is 1. The van der Waals surface area contributed by atoms with Crippen LogP contribution >= 0.6 is 0 Å². The van der Waals surface area contributed by atoms with Crippen molar-refractivity contribution in [2.45, 2.75) is 46.1 Å². The monoisotopic (exact) mass is 580 g/mol. The van der Waals surface area contributed by atoms with Crippen molar-refractivity contribution in [2.75, 3.05) is 29.9 Å². The molecular formula is C33H36N6O4. The van der Waals surface area contributed by atoms with Gasteiger partial charge in [0.05, 0.1) is 16.9 Å². The topological polar surface area (TPSA) is 121 Å². The second-order valence-corrected chi connectivity index (χ2v) is 11.6. The zero-order valence-electron chi connectivity index (χ0n) is 24.7. The molecule has 10 heteroatoms. The van der Waals surface area contributed by atoms with E-state index in [0.29, 0.717) is 48.5 Å². The molecule has 4 aromatic rings. The van der Waals surface area contributed by atoms with Crippen LogP contribution in [0, 0.1) is 18.8 Å². The van der Waals surface area contributed by atoms with Gasteiger partial charge in [0.2, 0.25) is 17.7 Å². The molecule has 3 atom stereocenters. The number of nitrogens with one attached hydrogen (secondary N) is 1. The summed E-state index contributed by atoms with van der Waals surface area (Å²) in [5, 5.41) is 14.7. The van der Waals surface area contributed by atoms with E-state index in [1.165, 1.54) is 4.90 Å². The molecule has 0 aliphatic carbocycles. The van der Waals surface area contributed by atoms with Crippen molar-refractivity contribution in [2.24, 2.45) is 11.8 Å². The van der Waals surface area contributed by atoms with E-state index in [4.69, 9.17) is 9.72 Å². The Hall–Kier alpha value is -4.73. The van der Waals surface area contributed by atoms with Crippen molar-refractivity contribution < 1.29 is 19.4 Å². The summed E-state index contributed by atoms with van der Waals surface area (Å²) in [5.74, 6) is 1.97. The third-order valence-electron chi connectivity index (χ3n) is 8.45. The maximum absolute atomic E-state index is 13.1. The van der Waals surface area contributed by atoms with Crippen LogP contribution in [0.1, 0.15) is 38.7 Å². The van der Waals surface area contributed by atoms with Crippen LogP contribution in [0.5, 0.6) is 11.6 Å². The van der Waals surface area contributed by atoms with E-state index < -0.39 is 6.09 Å². The SMILES string of the molecule is CC[C@H]1CCN(c2cccc3c(Oc4ncccc4-c4ccnc(N[C@H]5C[C@@H](C)CN(C(=O)O)C5)n4)c(C)ccc23)C1=O. The number of piperidine rings is 1. The molecule has 0 spiro atoms. The molecule has 4 heterocycles. The normalized spacial score (nSPS) is 20.4. The Morgan fingerprint density at radius 1 is 1.07 bits per heavy atom. The van der Waals surface area contributed by atoms with Crippen LogP contribution in [-0.4, -0.2) is 62.6 Å². The molecule has 2 aliphatic rings. The molecule has 2 saturated heterocycles. The number of amides is 2. The zero-order chi connectivity index (χ0) is 30.1. The highest BCUT2D eigenvalue weighted by Crippen LogP contribution is 2.40. The number of aryl methyl sites for hydroxylation is 1. The van der Waals surface area contributed by atoms with Crippen molar-refractivity contribution in [1.29, 1.82) is 0 Å². The number of anilines is 2. The Morgan fingerprint density at radius 2 is 1.93 bits per heavy atom. The summed E-state index contributed by atoms with van der Waals surface area (Å²) in [5.41, 5.74) is 3.17. The number of carbonyl (C=O) groups is 2. The first-order valence-electron chi connectivity index (χ1n) is 14.9. The summed E-state index contributed by atoms with van der Waals surface area (Å²) in [4.78, 5) is 41.7. The third-order valence-corrected chi connectivity index (χ3v) is 8.45. The van der Waals surface area contributed by atoms with Crippen LogP contribution in [0.2, 0.25) is 0 Å². The molecule has 2 aliphatic heterocycles. The van der Waals surface area contributed by atoms with Gasteiger partial charge >= 0.3 is 6.09 Å². The van der Waals surface area contributed by atoms with Gasteiger partial charge in [-0.05, 0) is 61.9 Å². The number of aromatic nitrogens is 3. The minimum atomic E-state index is -0.918. The molecule has 2 amide bonds.